The number of rotatable bonds is 10. The van der Waals surface area contributed by atoms with Gasteiger partial charge in [-0.2, -0.15) is 0 Å². The van der Waals surface area contributed by atoms with E-state index < -0.39 is 5.97 Å². The minimum Gasteiger partial charge on any atom is -0.497 e. The van der Waals surface area contributed by atoms with Gasteiger partial charge >= 0.3 is 5.97 Å². The van der Waals surface area contributed by atoms with Crippen LogP contribution in [0.4, 0.5) is 0 Å². The van der Waals surface area contributed by atoms with Crippen LogP contribution in [0.1, 0.15) is 57.8 Å². The second kappa shape index (κ2) is 11.4. The molecule has 0 aliphatic heterocycles. The minimum atomic E-state index is -1.00. The fourth-order valence-electron chi connectivity index (χ4n) is 4.36. The molecule has 0 saturated carbocycles. The van der Waals surface area contributed by atoms with Gasteiger partial charge in [-0.15, -0.1) is 0 Å². The molecule has 0 radical (unpaired) electrons. The first-order valence-corrected chi connectivity index (χ1v) is 11.8. The van der Waals surface area contributed by atoms with Crippen LogP contribution >= 0.6 is 0 Å². The molecule has 4 aromatic carbocycles. The normalized spacial score (nSPS) is 12.5. The summed E-state index contributed by atoms with van der Waals surface area (Å²) >= 11 is 0. The van der Waals surface area contributed by atoms with Crippen molar-refractivity contribution < 1.29 is 19.4 Å². The number of hydrogen-bond acceptors (Lipinski definition) is 3. The largest absolute Gasteiger partial charge is 0.497 e. The molecule has 35 heavy (non-hydrogen) atoms. The zero-order chi connectivity index (χ0) is 24.6. The maximum atomic E-state index is 12.2. The van der Waals surface area contributed by atoms with E-state index in [-0.39, 0.29) is 18.1 Å². The first-order chi connectivity index (χ1) is 17.0. The lowest BCUT2D eigenvalue weighted by molar-refractivity contribution is 0.0691. The SMILES string of the molecule is COc1ccc(COc2ccc(C(CC(C)c3ccccc3)c3ccccc3)cc2C(=O)O)cc1. The van der Waals surface area contributed by atoms with Gasteiger partial charge in [0.1, 0.15) is 23.7 Å². The van der Waals surface area contributed by atoms with Crippen molar-refractivity contribution in [2.75, 3.05) is 7.11 Å². The third-order valence-electron chi connectivity index (χ3n) is 6.35. The van der Waals surface area contributed by atoms with Crippen LogP contribution in [0.15, 0.2) is 103 Å². The molecule has 0 aliphatic carbocycles. The average Bonchev–Trinajstić information content (AvgIpc) is 2.91. The number of ether oxygens (including phenoxy) is 2. The fraction of sp³-hybridized carbons (Fsp3) is 0.194. The van der Waals surface area contributed by atoms with Gasteiger partial charge in [-0.05, 0) is 58.9 Å². The van der Waals surface area contributed by atoms with Crippen LogP contribution in [0.5, 0.6) is 11.5 Å². The van der Waals surface area contributed by atoms with E-state index in [1.165, 1.54) is 11.1 Å². The van der Waals surface area contributed by atoms with E-state index in [2.05, 4.69) is 43.3 Å². The Labute approximate surface area is 206 Å². The van der Waals surface area contributed by atoms with Crippen molar-refractivity contribution in [1.29, 1.82) is 0 Å². The topological polar surface area (TPSA) is 55.8 Å². The summed E-state index contributed by atoms with van der Waals surface area (Å²) in [4.78, 5) is 12.2. The highest BCUT2D eigenvalue weighted by atomic mass is 16.5. The summed E-state index contributed by atoms with van der Waals surface area (Å²) in [5.74, 6) is 0.487. The molecule has 2 unspecified atom stereocenters. The monoisotopic (exact) mass is 466 g/mol. The summed E-state index contributed by atoms with van der Waals surface area (Å²) in [5, 5.41) is 9.97. The summed E-state index contributed by atoms with van der Waals surface area (Å²) < 4.78 is 11.1. The van der Waals surface area contributed by atoms with E-state index in [9.17, 15) is 9.90 Å². The summed E-state index contributed by atoms with van der Waals surface area (Å²) in [6.07, 6.45) is 0.860. The van der Waals surface area contributed by atoms with Gasteiger partial charge in [0, 0.05) is 5.92 Å². The van der Waals surface area contributed by atoms with Crippen LogP contribution in [0.25, 0.3) is 0 Å². The molecule has 4 heteroatoms. The Hall–Kier alpha value is -4.05. The van der Waals surface area contributed by atoms with Gasteiger partial charge in [-0.3, -0.25) is 0 Å². The van der Waals surface area contributed by atoms with E-state index in [4.69, 9.17) is 9.47 Å². The molecule has 4 aromatic rings. The zero-order valence-electron chi connectivity index (χ0n) is 20.1. The smallest absolute Gasteiger partial charge is 0.339 e. The van der Waals surface area contributed by atoms with Crippen molar-refractivity contribution in [1.82, 2.24) is 0 Å². The highest BCUT2D eigenvalue weighted by molar-refractivity contribution is 5.91. The van der Waals surface area contributed by atoms with Gasteiger partial charge in [-0.1, -0.05) is 85.8 Å². The lowest BCUT2D eigenvalue weighted by Crippen LogP contribution is -2.09. The van der Waals surface area contributed by atoms with E-state index in [1.54, 1.807) is 19.2 Å². The Bertz CT molecular complexity index is 1230. The summed E-state index contributed by atoms with van der Waals surface area (Å²) in [5.41, 5.74) is 4.51. The van der Waals surface area contributed by atoms with Crippen molar-refractivity contribution >= 4 is 5.97 Å². The molecule has 0 aliphatic rings. The second-order valence-electron chi connectivity index (χ2n) is 8.71. The molecule has 0 spiro atoms. The van der Waals surface area contributed by atoms with Gasteiger partial charge in [-0.25, -0.2) is 4.79 Å². The van der Waals surface area contributed by atoms with E-state index in [0.29, 0.717) is 11.7 Å². The molecule has 0 saturated heterocycles. The molecule has 0 heterocycles. The lowest BCUT2D eigenvalue weighted by atomic mass is 9.81. The maximum Gasteiger partial charge on any atom is 0.339 e. The Balaban J connectivity index is 1.61. The van der Waals surface area contributed by atoms with Crippen LogP contribution in [-0.2, 0) is 6.61 Å². The predicted octanol–water partition coefficient (Wildman–Crippen LogP) is 7.30. The number of hydrogen-bond donors (Lipinski definition) is 1. The van der Waals surface area contributed by atoms with Crippen LogP contribution in [-0.4, -0.2) is 18.2 Å². The molecule has 0 aromatic heterocycles. The molecular formula is C31H30O4. The molecular weight excluding hydrogens is 436 g/mol. The molecule has 0 bridgehead atoms. The third-order valence-corrected chi connectivity index (χ3v) is 6.35. The standard InChI is InChI=1S/C31H30O4/c1-22(24-9-5-3-6-10-24)19-28(25-11-7-4-8-12-25)26-15-18-30(29(20-26)31(32)33)35-21-23-13-16-27(34-2)17-14-23/h3-18,20,22,28H,19,21H2,1-2H3,(H,32,33). The van der Waals surface area contributed by atoms with Crippen LogP contribution < -0.4 is 9.47 Å². The quantitative estimate of drug-likeness (QED) is 0.266. The Morgan fingerprint density at radius 2 is 1.43 bits per heavy atom. The molecule has 178 valence electrons. The molecule has 0 amide bonds. The van der Waals surface area contributed by atoms with Crippen molar-refractivity contribution in [2.24, 2.45) is 0 Å². The van der Waals surface area contributed by atoms with Crippen molar-refractivity contribution in [3.8, 4) is 11.5 Å². The van der Waals surface area contributed by atoms with Gasteiger partial charge in [0.15, 0.2) is 0 Å². The highest BCUT2D eigenvalue weighted by Gasteiger charge is 2.22. The first-order valence-electron chi connectivity index (χ1n) is 11.8. The van der Waals surface area contributed by atoms with Crippen molar-refractivity contribution in [3.63, 3.8) is 0 Å². The Kier molecular flexibility index (Phi) is 7.84. The summed E-state index contributed by atoms with van der Waals surface area (Å²) in [6, 6.07) is 33.8. The van der Waals surface area contributed by atoms with Gasteiger partial charge in [0.25, 0.3) is 0 Å². The number of carbonyl (C=O) groups is 1. The first kappa shape index (κ1) is 24.1. The van der Waals surface area contributed by atoms with Gasteiger partial charge in [0.2, 0.25) is 0 Å². The molecule has 2 atom stereocenters. The molecule has 4 nitrogen and oxygen atoms in total. The molecule has 4 rings (SSSR count). The van der Waals surface area contributed by atoms with E-state index in [1.807, 2.05) is 54.6 Å². The molecule has 0 fully saturated rings. The maximum absolute atomic E-state index is 12.2. The third kappa shape index (κ3) is 6.10. The van der Waals surface area contributed by atoms with Crippen LogP contribution in [0.3, 0.4) is 0 Å². The number of benzene rings is 4. The average molecular weight is 467 g/mol. The van der Waals surface area contributed by atoms with Crippen molar-refractivity contribution in [3.05, 3.63) is 131 Å². The minimum absolute atomic E-state index is 0.0557. The van der Waals surface area contributed by atoms with Crippen LogP contribution in [0.2, 0.25) is 0 Å². The number of methoxy groups -OCH3 is 1. The van der Waals surface area contributed by atoms with Gasteiger partial charge in [0.05, 0.1) is 7.11 Å². The Morgan fingerprint density at radius 3 is 2.03 bits per heavy atom. The van der Waals surface area contributed by atoms with Crippen molar-refractivity contribution in [2.45, 2.75) is 31.8 Å². The van der Waals surface area contributed by atoms with E-state index in [0.717, 1.165) is 23.3 Å². The molecule has 1 N–H and O–H groups in total. The summed E-state index contributed by atoms with van der Waals surface area (Å²) in [6.45, 7) is 2.49. The zero-order valence-corrected chi connectivity index (χ0v) is 20.1. The summed E-state index contributed by atoms with van der Waals surface area (Å²) in [7, 11) is 1.62. The van der Waals surface area contributed by atoms with Gasteiger partial charge < -0.3 is 14.6 Å². The number of aromatic carboxylic acids is 1. The lowest BCUT2D eigenvalue weighted by Gasteiger charge is -2.23. The van der Waals surface area contributed by atoms with Crippen LogP contribution in [0, 0.1) is 0 Å². The predicted molar refractivity (Wildman–Crippen MR) is 138 cm³/mol. The second-order valence-corrected chi connectivity index (χ2v) is 8.71. The Morgan fingerprint density at radius 1 is 0.800 bits per heavy atom. The fourth-order valence-corrected chi connectivity index (χ4v) is 4.36. The number of carboxylic acid groups (broad SMARTS) is 1. The highest BCUT2D eigenvalue weighted by Crippen LogP contribution is 2.36. The number of carboxylic acids is 1. The van der Waals surface area contributed by atoms with E-state index >= 15 is 0 Å².